The van der Waals surface area contributed by atoms with Crippen molar-refractivity contribution in [2.45, 2.75) is 31.3 Å². The van der Waals surface area contributed by atoms with Gasteiger partial charge in [-0.15, -0.1) is 0 Å². The number of carboxylic acids is 1. The Labute approximate surface area is 81.3 Å². The van der Waals surface area contributed by atoms with Crippen molar-refractivity contribution in [2.75, 3.05) is 6.61 Å². The van der Waals surface area contributed by atoms with E-state index < -0.39 is 18.0 Å². The summed E-state index contributed by atoms with van der Waals surface area (Å²) in [5.74, 6) is -1.13. The van der Waals surface area contributed by atoms with E-state index in [9.17, 15) is 9.59 Å². The van der Waals surface area contributed by atoms with Gasteiger partial charge < -0.3 is 20.8 Å². The molecule has 0 spiro atoms. The summed E-state index contributed by atoms with van der Waals surface area (Å²) < 4.78 is 0. The fraction of sp³-hybridized carbons (Fsp3) is 0.750. The van der Waals surface area contributed by atoms with Crippen molar-refractivity contribution in [3.63, 3.8) is 0 Å². The fourth-order valence-electron chi connectivity index (χ4n) is 0.999. The highest BCUT2D eigenvalue weighted by Gasteiger charge is 2.25. The second-order valence-corrected chi connectivity index (χ2v) is 3.30. The monoisotopic (exact) mass is 202 g/mol. The number of hydrogen-bond donors (Lipinski definition) is 4. The maximum absolute atomic E-state index is 11.1. The van der Waals surface area contributed by atoms with E-state index in [0.29, 0.717) is 0 Å². The molecule has 1 aliphatic carbocycles. The zero-order chi connectivity index (χ0) is 10.6. The summed E-state index contributed by atoms with van der Waals surface area (Å²) in [6, 6.07) is -1.30. The van der Waals surface area contributed by atoms with Crippen LogP contribution in [0.25, 0.3) is 0 Å². The van der Waals surface area contributed by atoms with Crippen LogP contribution >= 0.6 is 0 Å². The van der Waals surface area contributed by atoms with Crippen LogP contribution in [0.2, 0.25) is 0 Å². The van der Waals surface area contributed by atoms with Gasteiger partial charge in [0.1, 0.15) is 6.04 Å². The first kappa shape index (κ1) is 10.8. The molecule has 0 aliphatic heterocycles. The van der Waals surface area contributed by atoms with Crippen LogP contribution < -0.4 is 10.6 Å². The average Bonchev–Trinajstić information content (AvgIpc) is 2.87. The number of nitrogens with one attached hydrogen (secondary N) is 2. The molecular formula is C8H14N2O4. The lowest BCUT2D eigenvalue weighted by molar-refractivity contribution is -0.139. The maximum Gasteiger partial charge on any atom is 0.326 e. The highest BCUT2D eigenvalue weighted by atomic mass is 16.4. The number of urea groups is 1. The van der Waals surface area contributed by atoms with Crippen LogP contribution in [0.3, 0.4) is 0 Å². The smallest absolute Gasteiger partial charge is 0.326 e. The Hall–Kier alpha value is -1.30. The van der Waals surface area contributed by atoms with E-state index in [1.807, 2.05) is 0 Å². The SMILES string of the molecule is O=C(NC1CC1)N[C@H](CCO)C(=O)O. The van der Waals surface area contributed by atoms with Crippen molar-refractivity contribution in [3.05, 3.63) is 0 Å². The van der Waals surface area contributed by atoms with Crippen molar-refractivity contribution in [1.29, 1.82) is 0 Å². The number of carbonyl (C=O) groups excluding carboxylic acids is 1. The highest BCUT2D eigenvalue weighted by Crippen LogP contribution is 2.18. The molecule has 6 nitrogen and oxygen atoms in total. The summed E-state index contributed by atoms with van der Waals surface area (Å²) in [7, 11) is 0. The third kappa shape index (κ3) is 3.61. The number of rotatable bonds is 5. The molecule has 4 N–H and O–H groups in total. The lowest BCUT2D eigenvalue weighted by atomic mass is 10.2. The molecule has 0 aromatic heterocycles. The van der Waals surface area contributed by atoms with Crippen LogP contribution in [0.15, 0.2) is 0 Å². The van der Waals surface area contributed by atoms with Crippen molar-refractivity contribution >= 4 is 12.0 Å². The Morgan fingerprint density at radius 1 is 1.43 bits per heavy atom. The molecule has 0 radical (unpaired) electrons. The zero-order valence-electron chi connectivity index (χ0n) is 7.69. The third-order valence-corrected chi connectivity index (χ3v) is 1.93. The molecule has 0 saturated heterocycles. The summed E-state index contributed by atoms with van der Waals surface area (Å²) in [6.07, 6.45) is 1.92. The molecule has 0 aromatic carbocycles. The predicted octanol–water partition coefficient (Wildman–Crippen LogP) is -0.716. The number of aliphatic hydroxyl groups excluding tert-OH is 1. The van der Waals surface area contributed by atoms with Gasteiger partial charge in [-0.3, -0.25) is 0 Å². The molecule has 0 aromatic rings. The van der Waals surface area contributed by atoms with Gasteiger partial charge in [0.2, 0.25) is 0 Å². The van der Waals surface area contributed by atoms with Gasteiger partial charge in [0.15, 0.2) is 0 Å². The minimum atomic E-state index is -1.13. The first-order chi connectivity index (χ1) is 6.63. The van der Waals surface area contributed by atoms with E-state index in [2.05, 4.69) is 10.6 Å². The Morgan fingerprint density at radius 2 is 2.07 bits per heavy atom. The Kier molecular flexibility index (Phi) is 3.70. The molecule has 0 heterocycles. The number of hydrogen-bond acceptors (Lipinski definition) is 3. The van der Waals surface area contributed by atoms with Gasteiger partial charge >= 0.3 is 12.0 Å². The van der Waals surface area contributed by atoms with Gasteiger partial charge in [-0.1, -0.05) is 0 Å². The Balaban J connectivity index is 2.29. The molecule has 80 valence electrons. The quantitative estimate of drug-likeness (QED) is 0.473. The third-order valence-electron chi connectivity index (χ3n) is 1.93. The number of carboxylic acid groups (broad SMARTS) is 1. The number of aliphatic carboxylic acids is 1. The van der Waals surface area contributed by atoms with E-state index in [1.165, 1.54) is 0 Å². The molecule has 1 aliphatic rings. The largest absolute Gasteiger partial charge is 0.480 e. The van der Waals surface area contributed by atoms with Crippen molar-refractivity contribution in [1.82, 2.24) is 10.6 Å². The van der Waals surface area contributed by atoms with Crippen LogP contribution in [-0.2, 0) is 4.79 Å². The molecule has 14 heavy (non-hydrogen) atoms. The number of carbonyl (C=O) groups is 2. The van der Waals surface area contributed by atoms with Crippen LogP contribution in [0.1, 0.15) is 19.3 Å². The highest BCUT2D eigenvalue weighted by molar-refractivity contribution is 5.82. The normalized spacial score (nSPS) is 17.2. The van der Waals surface area contributed by atoms with Crippen LogP contribution in [0.4, 0.5) is 4.79 Å². The van der Waals surface area contributed by atoms with E-state index >= 15 is 0 Å². The van der Waals surface area contributed by atoms with Gasteiger partial charge in [0.25, 0.3) is 0 Å². The van der Waals surface area contributed by atoms with Gasteiger partial charge in [-0.25, -0.2) is 9.59 Å². The summed E-state index contributed by atoms with van der Waals surface area (Å²) in [5.41, 5.74) is 0. The van der Waals surface area contributed by atoms with Crippen LogP contribution in [0, 0.1) is 0 Å². The van der Waals surface area contributed by atoms with Crippen LogP contribution in [-0.4, -0.2) is 40.9 Å². The second kappa shape index (κ2) is 4.80. The van der Waals surface area contributed by atoms with Gasteiger partial charge in [-0.2, -0.15) is 0 Å². The minimum Gasteiger partial charge on any atom is -0.480 e. The topological polar surface area (TPSA) is 98.7 Å². The van der Waals surface area contributed by atoms with E-state index in [1.54, 1.807) is 0 Å². The molecule has 1 saturated carbocycles. The minimum absolute atomic E-state index is 0.0213. The predicted molar refractivity (Wildman–Crippen MR) is 47.8 cm³/mol. The standard InChI is InChI=1S/C8H14N2O4/c11-4-3-6(7(12)13)10-8(14)9-5-1-2-5/h5-6,11H,1-4H2,(H,12,13)(H2,9,10,14)/t6-/m1/s1. The van der Waals surface area contributed by atoms with Crippen molar-refractivity contribution in [2.24, 2.45) is 0 Å². The number of amides is 2. The summed E-state index contributed by atoms with van der Waals surface area (Å²) >= 11 is 0. The maximum atomic E-state index is 11.1. The summed E-state index contributed by atoms with van der Waals surface area (Å²) in [6.45, 7) is -0.263. The van der Waals surface area contributed by atoms with Crippen LogP contribution in [0.5, 0.6) is 0 Å². The Morgan fingerprint density at radius 3 is 2.50 bits per heavy atom. The molecule has 0 bridgehead atoms. The summed E-state index contributed by atoms with van der Waals surface area (Å²) in [4.78, 5) is 21.7. The van der Waals surface area contributed by atoms with E-state index in [4.69, 9.17) is 10.2 Å². The van der Waals surface area contributed by atoms with Gasteiger partial charge in [0, 0.05) is 19.1 Å². The van der Waals surface area contributed by atoms with E-state index in [0.717, 1.165) is 12.8 Å². The average molecular weight is 202 g/mol. The molecule has 2 amide bonds. The molecule has 6 heteroatoms. The molecule has 1 atom stereocenters. The lowest BCUT2D eigenvalue weighted by Crippen LogP contribution is -2.47. The molecular weight excluding hydrogens is 188 g/mol. The van der Waals surface area contributed by atoms with Crippen molar-refractivity contribution in [3.8, 4) is 0 Å². The first-order valence-corrected chi connectivity index (χ1v) is 4.54. The Bertz CT molecular complexity index is 227. The van der Waals surface area contributed by atoms with E-state index in [-0.39, 0.29) is 19.1 Å². The second-order valence-electron chi connectivity index (χ2n) is 3.30. The van der Waals surface area contributed by atoms with Gasteiger partial charge in [0.05, 0.1) is 0 Å². The first-order valence-electron chi connectivity index (χ1n) is 4.54. The fourth-order valence-corrected chi connectivity index (χ4v) is 0.999. The molecule has 1 fully saturated rings. The summed E-state index contributed by atoms with van der Waals surface area (Å²) in [5, 5.41) is 22.1. The molecule has 0 unspecified atom stereocenters. The molecule has 1 rings (SSSR count). The van der Waals surface area contributed by atoms with Gasteiger partial charge in [-0.05, 0) is 12.8 Å². The zero-order valence-corrected chi connectivity index (χ0v) is 7.69. The lowest BCUT2D eigenvalue weighted by Gasteiger charge is -2.13. The van der Waals surface area contributed by atoms with Crippen molar-refractivity contribution < 1.29 is 19.8 Å². The number of aliphatic hydroxyl groups is 1.